The second-order valence-corrected chi connectivity index (χ2v) is 9.05. The SMILES string of the molecule is CC(OC(=O)c1ccc(S(=O)(=O)NC2CC2)cc1)c1nnc(-c2cccs2)o1. The van der Waals surface area contributed by atoms with E-state index in [2.05, 4.69) is 14.9 Å². The summed E-state index contributed by atoms with van der Waals surface area (Å²) in [4.78, 5) is 13.3. The summed E-state index contributed by atoms with van der Waals surface area (Å²) in [5, 5.41) is 9.78. The van der Waals surface area contributed by atoms with Gasteiger partial charge in [0, 0.05) is 6.04 Å². The Kier molecular flexibility index (Phi) is 5.00. The molecule has 0 amide bonds. The van der Waals surface area contributed by atoms with E-state index < -0.39 is 22.1 Å². The van der Waals surface area contributed by atoms with Gasteiger partial charge in [0.05, 0.1) is 15.3 Å². The maximum atomic E-state index is 12.3. The Labute approximate surface area is 165 Å². The number of sulfonamides is 1. The second-order valence-electron chi connectivity index (χ2n) is 6.39. The van der Waals surface area contributed by atoms with Gasteiger partial charge in [-0.2, -0.15) is 0 Å². The van der Waals surface area contributed by atoms with Crippen LogP contribution in [0.4, 0.5) is 0 Å². The topological polar surface area (TPSA) is 111 Å². The second kappa shape index (κ2) is 7.46. The zero-order valence-electron chi connectivity index (χ0n) is 14.9. The maximum absolute atomic E-state index is 12.3. The monoisotopic (exact) mass is 419 g/mol. The van der Waals surface area contributed by atoms with Gasteiger partial charge in [-0.25, -0.2) is 17.9 Å². The van der Waals surface area contributed by atoms with E-state index in [0.29, 0.717) is 5.89 Å². The number of benzene rings is 1. The molecule has 0 radical (unpaired) electrons. The molecule has 1 aliphatic rings. The largest absolute Gasteiger partial charge is 0.449 e. The van der Waals surface area contributed by atoms with Gasteiger partial charge in [-0.1, -0.05) is 6.07 Å². The van der Waals surface area contributed by atoms with E-state index in [4.69, 9.17) is 9.15 Å². The Balaban J connectivity index is 1.41. The molecule has 10 heteroatoms. The fraction of sp³-hybridized carbons (Fsp3) is 0.278. The number of carbonyl (C=O) groups is 1. The van der Waals surface area contributed by atoms with Gasteiger partial charge in [0.25, 0.3) is 11.8 Å². The van der Waals surface area contributed by atoms with Crippen molar-refractivity contribution in [1.29, 1.82) is 0 Å². The highest BCUT2D eigenvalue weighted by atomic mass is 32.2. The number of thiophene rings is 1. The molecule has 4 rings (SSSR count). The van der Waals surface area contributed by atoms with Crippen LogP contribution in [-0.4, -0.2) is 30.6 Å². The maximum Gasteiger partial charge on any atom is 0.338 e. The van der Waals surface area contributed by atoms with E-state index in [1.165, 1.54) is 35.6 Å². The lowest BCUT2D eigenvalue weighted by molar-refractivity contribution is 0.0280. The minimum absolute atomic E-state index is 0.0176. The van der Waals surface area contributed by atoms with Crippen molar-refractivity contribution in [2.24, 2.45) is 0 Å². The molecule has 2 aromatic heterocycles. The lowest BCUT2D eigenvalue weighted by atomic mass is 10.2. The van der Waals surface area contributed by atoms with Crippen LogP contribution in [0.2, 0.25) is 0 Å². The molecule has 1 N–H and O–H groups in total. The normalized spacial score (nSPS) is 15.3. The molecule has 1 aromatic carbocycles. The predicted octanol–water partition coefficient (Wildman–Crippen LogP) is 3.16. The summed E-state index contributed by atoms with van der Waals surface area (Å²) < 4.78 is 37.8. The Morgan fingerprint density at radius 2 is 2.00 bits per heavy atom. The molecule has 0 saturated heterocycles. The molecule has 1 atom stereocenters. The smallest absolute Gasteiger partial charge is 0.338 e. The summed E-state index contributed by atoms with van der Waals surface area (Å²) in [7, 11) is -3.56. The lowest BCUT2D eigenvalue weighted by Crippen LogP contribution is -2.25. The average molecular weight is 419 g/mol. The van der Waals surface area contributed by atoms with Crippen molar-refractivity contribution in [1.82, 2.24) is 14.9 Å². The zero-order valence-corrected chi connectivity index (χ0v) is 16.5. The lowest BCUT2D eigenvalue weighted by Gasteiger charge is -2.10. The number of hydrogen-bond acceptors (Lipinski definition) is 8. The van der Waals surface area contributed by atoms with Crippen molar-refractivity contribution < 1.29 is 22.4 Å². The number of esters is 1. The Hall–Kier alpha value is -2.56. The van der Waals surface area contributed by atoms with Crippen molar-refractivity contribution in [3.63, 3.8) is 0 Å². The summed E-state index contributed by atoms with van der Waals surface area (Å²) in [6.45, 7) is 1.63. The van der Waals surface area contributed by atoms with Gasteiger partial charge in [0.15, 0.2) is 6.10 Å². The molecular weight excluding hydrogens is 402 g/mol. The third-order valence-corrected chi connectivity index (χ3v) is 6.50. The fourth-order valence-corrected chi connectivity index (χ4v) is 4.39. The van der Waals surface area contributed by atoms with Crippen LogP contribution in [0.3, 0.4) is 0 Å². The fourth-order valence-electron chi connectivity index (χ4n) is 2.44. The Bertz CT molecular complexity index is 1070. The van der Waals surface area contributed by atoms with Crippen LogP contribution in [0.25, 0.3) is 10.8 Å². The van der Waals surface area contributed by atoms with Crippen molar-refractivity contribution in [3.05, 3.63) is 53.2 Å². The summed E-state index contributed by atoms with van der Waals surface area (Å²) in [5.41, 5.74) is 0.232. The van der Waals surface area contributed by atoms with E-state index in [9.17, 15) is 13.2 Å². The minimum atomic E-state index is -3.56. The molecule has 1 aliphatic carbocycles. The van der Waals surface area contributed by atoms with Gasteiger partial charge < -0.3 is 9.15 Å². The van der Waals surface area contributed by atoms with Crippen LogP contribution in [0.1, 0.15) is 42.1 Å². The van der Waals surface area contributed by atoms with Crippen molar-refractivity contribution in [2.45, 2.75) is 36.8 Å². The standard InChI is InChI=1S/C18H17N3O5S2/c1-11(16-19-20-17(26-16)15-3-2-10-27-15)25-18(22)12-4-8-14(9-5-12)28(23,24)21-13-6-7-13/h2-5,8-11,13,21H,6-7H2,1H3. The number of rotatable bonds is 7. The van der Waals surface area contributed by atoms with E-state index in [1.54, 1.807) is 6.92 Å². The van der Waals surface area contributed by atoms with Crippen molar-refractivity contribution >= 4 is 27.3 Å². The molecule has 0 spiro atoms. The van der Waals surface area contributed by atoms with Crippen LogP contribution >= 0.6 is 11.3 Å². The van der Waals surface area contributed by atoms with Crippen LogP contribution in [0.5, 0.6) is 0 Å². The summed E-state index contributed by atoms with van der Waals surface area (Å²) >= 11 is 1.46. The van der Waals surface area contributed by atoms with Crippen molar-refractivity contribution in [2.75, 3.05) is 0 Å². The molecule has 1 unspecified atom stereocenters. The molecule has 2 heterocycles. The number of nitrogens with one attached hydrogen (secondary N) is 1. The Morgan fingerprint density at radius 1 is 1.25 bits per heavy atom. The third-order valence-electron chi connectivity index (χ3n) is 4.10. The van der Waals surface area contributed by atoms with E-state index in [-0.39, 0.29) is 22.4 Å². The molecule has 8 nitrogen and oxygen atoms in total. The predicted molar refractivity (Wildman–Crippen MR) is 101 cm³/mol. The first-order valence-electron chi connectivity index (χ1n) is 8.63. The molecule has 0 bridgehead atoms. The van der Waals surface area contributed by atoms with Crippen LogP contribution in [-0.2, 0) is 14.8 Å². The molecule has 0 aliphatic heterocycles. The van der Waals surface area contributed by atoms with E-state index in [1.807, 2.05) is 17.5 Å². The number of ether oxygens (including phenoxy) is 1. The minimum Gasteiger partial charge on any atom is -0.449 e. The zero-order chi connectivity index (χ0) is 19.7. The molecular formula is C18H17N3O5S2. The first kappa shape index (κ1) is 18.8. The molecule has 1 saturated carbocycles. The molecule has 1 fully saturated rings. The summed E-state index contributed by atoms with van der Waals surface area (Å²) in [5.74, 6) is -0.0577. The highest BCUT2D eigenvalue weighted by Crippen LogP contribution is 2.26. The first-order valence-corrected chi connectivity index (χ1v) is 11.0. The number of nitrogens with zero attached hydrogens (tertiary/aromatic N) is 2. The van der Waals surface area contributed by atoms with Crippen LogP contribution in [0, 0.1) is 0 Å². The van der Waals surface area contributed by atoms with Gasteiger partial charge in [-0.3, -0.25) is 0 Å². The summed E-state index contributed by atoms with van der Waals surface area (Å²) in [6, 6.07) is 9.34. The van der Waals surface area contributed by atoms with Crippen LogP contribution in [0.15, 0.2) is 51.1 Å². The van der Waals surface area contributed by atoms with Gasteiger partial charge >= 0.3 is 5.97 Å². The number of carbonyl (C=O) groups excluding carboxylic acids is 1. The quantitative estimate of drug-likeness (QED) is 0.586. The van der Waals surface area contributed by atoms with Gasteiger partial charge in [0.1, 0.15) is 0 Å². The van der Waals surface area contributed by atoms with Gasteiger partial charge in [-0.05, 0) is 55.5 Å². The third kappa shape index (κ3) is 4.13. The van der Waals surface area contributed by atoms with Gasteiger partial charge in [0.2, 0.25) is 10.0 Å². The highest BCUT2D eigenvalue weighted by molar-refractivity contribution is 7.89. The molecule has 28 heavy (non-hydrogen) atoms. The number of aromatic nitrogens is 2. The summed E-state index contributed by atoms with van der Waals surface area (Å²) in [6.07, 6.45) is 0.963. The van der Waals surface area contributed by atoms with Crippen LogP contribution < -0.4 is 4.72 Å². The number of hydrogen-bond donors (Lipinski definition) is 1. The van der Waals surface area contributed by atoms with Gasteiger partial charge in [-0.15, -0.1) is 21.5 Å². The van der Waals surface area contributed by atoms with E-state index in [0.717, 1.165) is 17.7 Å². The molecule has 146 valence electrons. The average Bonchev–Trinajstić information content (AvgIpc) is 3.15. The molecule has 3 aromatic rings. The highest BCUT2D eigenvalue weighted by Gasteiger charge is 2.28. The van der Waals surface area contributed by atoms with E-state index >= 15 is 0 Å². The first-order chi connectivity index (χ1) is 13.4. The Morgan fingerprint density at radius 3 is 2.64 bits per heavy atom. The van der Waals surface area contributed by atoms with Crippen molar-refractivity contribution in [3.8, 4) is 10.8 Å².